The number of allylic oxidation sites excluding steroid dienone is 13. The van der Waals surface area contributed by atoms with Crippen molar-refractivity contribution >= 4 is 22.9 Å². The van der Waals surface area contributed by atoms with Crippen LogP contribution in [-0.2, 0) is 6.42 Å². The lowest BCUT2D eigenvalue weighted by Crippen LogP contribution is -2.40. The van der Waals surface area contributed by atoms with Gasteiger partial charge in [0.25, 0.3) is 0 Å². The molecule has 0 radical (unpaired) electrons. The van der Waals surface area contributed by atoms with Crippen molar-refractivity contribution in [2.24, 2.45) is 28.7 Å². The van der Waals surface area contributed by atoms with E-state index in [-0.39, 0.29) is 6.04 Å². The Balaban J connectivity index is 0.999. The van der Waals surface area contributed by atoms with Gasteiger partial charge in [0, 0.05) is 40.0 Å². The molecule has 6 aliphatic carbocycles. The lowest BCUT2D eigenvalue weighted by molar-refractivity contribution is 0.278. The van der Waals surface area contributed by atoms with Crippen LogP contribution in [0.15, 0.2) is 142 Å². The number of para-hydroxylation sites is 1. The maximum absolute atomic E-state index is 5.58. The summed E-state index contributed by atoms with van der Waals surface area (Å²) in [6, 6.07) is 9.66. The van der Waals surface area contributed by atoms with E-state index in [2.05, 4.69) is 132 Å². The Kier molecular flexibility index (Phi) is 7.29. The zero-order chi connectivity index (χ0) is 33.3. The van der Waals surface area contributed by atoms with Gasteiger partial charge < -0.3 is 10.2 Å². The molecule has 2 aromatic rings. The van der Waals surface area contributed by atoms with E-state index in [1.54, 1.807) is 5.57 Å². The summed E-state index contributed by atoms with van der Waals surface area (Å²) in [6.45, 7) is 4.58. The maximum Gasteiger partial charge on any atom is 0.208 e. The van der Waals surface area contributed by atoms with Gasteiger partial charge in [0.1, 0.15) is 6.04 Å². The number of hydrogen-bond donors (Lipinski definition) is 1. The molecule has 0 saturated carbocycles. The molecule has 0 fully saturated rings. The SMILES string of the molecule is CC1=C[C@H](C)CC(C2N=C(n3c4c(c5ccccc53)CC(C3C=CC5=C(C3)C3CC=CCC3N5C3=CC=CCC3)C=C4)NC3=CCCC=C32)=C1. The van der Waals surface area contributed by atoms with Crippen LogP contribution >= 0.6 is 0 Å². The summed E-state index contributed by atoms with van der Waals surface area (Å²) < 4.78 is 2.43. The Morgan fingerprint density at radius 2 is 1.76 bits per heavy atom. The number of nitrogens with zero attached hydrogens (tertiary/aromatic N) is 3. The number of benzene rings is 1. The van der Waals surface area contributed by atoms with Crippen molar-refractivity contribution in [3.63, 3.8) is 0 Å². The second-order valence-electron chi connectivity index (χ2n) is 15.8. The number of nitrogens with one attached hydrogen (secondary N) is 1. The van der Waals surface area contributed by atoms with Gasteiger partial charge in [-0.05, 0) is 123 Å². The summed E-state index contributed by atoms with van der Waals surface area (Å²) in [7, 11) is 0. The Hall–Kier alpha value is -4.57. The van der Waals surface area contributed by atoms with Gasteiger partial charge in [-0.3, -0.25) is 4.57 Å². The van der Waals surface area contributed by atoms with E-state index in [4.69, 9.17) is 4.99 Å². The molecule has 0 bridgehead atoms. The van der Waals surface area contributed by atoms with Gasteiger partial charge in [0.2, 0.25) is 5.96 Å². The molecule has 252 valence electrons. The van der Waals surface area contributed by atoms with Crippen LogP contribution < -0.4 is 5.32 Å². The van der Waals surface area contributed by atoms with Crippen LogP contribution in [0, 0.1) is 23.7 Å². The average molecular weight is 657 g/mol. The van der Waals surface area contributed by atoms with Crippen molar-refractivity contribution < 1.29 is 0 Å². The first kappa shape index (κ1) is 30.3. The zero-order valence-electron chi connectivity index (χ0n) is 29.5. The topological polar surface area (TPSA) is 32.6 Å². The maximum atomic E-state index is 5.58. The van der Waals surface area contributed by atoms with Crippen LogP contribution in [0.4, 0.5) is 0 Å². The summed E-state index contributed by atoms with van der Waals surface area (Å²) in [5.74, 6) is 3.12. The van der Waals surface area contributed by atoms with Crippen LogP contribution in [0.1, 0.15) is 76.5 Å². The first-order chi connectivity index (χ1) is 24.6. The second kappa shape index (κ2) is 12.0. The van der Waals surface area contributed by atoms with Crippen molar-refractivity contribution in [2.75, 3.05) is 0 Å². The molecule has 4 heteroatoms. The van der Waals surface area contributed by atoms with E-state index in [0.29, 0.717) is 29.7 Å². The molecular weight excluding hydrogens is 609 g/mol. The minimum Gasteiger partial charge on any atom is -0.341 e. The van der Waals surface area contributed by atoms with Gasteiger partial charge in [0.05, 0.1) is 11.2 Å². The lowest BCUT2D eigenvalue weighted by atomic mass is 9.74. The second-order valence-corrected chi connectivity index (χ2v) is 15.8. The van der Waals surface area contributed by atoms with Gasteiger partial charge in [-0.2, -0.15) is 0 Å². The highest BCUT2D eigenvalue weighted by Crippen LogP contribution is 2.50. The van der Waals surface area contributed by atoms with Gasteiger partial charge >= 0.3 is 0 Å². The molecule has 5 unspecified atom stereocenters. The monoisotopic (exact) mass is 656 g/mol. The van der Waals surface area contributed by atoms with E-state index in [9.17, 15) is 0 Å². The molecule has 1 N–H and O–H groups in total. The quantitative estimate of drug-likeness (QED) is 0.334. The fourth-order valence-corrected chi connectivity index (χ4v) is 10.5. The standard InChI is InChI=1S/C46H48N4/c1-29-24-30(2)26-33(25-29)45-37-16-6-9-17-40(37)47-46(48-45)50-42-19-11-8-15-36(42)39-28-32(21-23-44(39)50)31-20-22-43-38(27-31)35-14-7-10-18-41(35)49(43)34-12-4-3-5-13-34/h3-4,7-8,10-12,15-17,19-25,30-32,35,41,45H,5-6,9,13-14,18,26-28H2,1-2H3,(H,47,48)/t30-,31?,32?,35?,41?,45?/m0/s1. The molecule has 8 aliphatic rings. The third-order valence-corrected chi connectivity index (χ3v) is 12.6. The normalized spacial score (nSPS) is 31.1. The van der Waals surface area contributed by atoms with E-state index >= 15 is 0 Å². The zero-order valence-corrected chi connectivity index (χ0v) is 29.5. The number of aromatic nitrogens is 1. The van der Waals surface area contributed by atoms with Crippen molar-refractivity contribution in [2.45, 2.75) is 83.7 Å². The first-order valence-corrected chi connectivity index (χ1v) is 19.3. The van der Waals surface area contributed by atoms with Crippen LogP contribution in [0.5, 0.6) is 0 Å². The molecule has 6 atom stereocenters. The van der Waals surface area contributed by atoms with Gasteiger partial charge in [-0.1, -0.05) is 91.5 Å². The largest absolute Gasteiger partial charge is 0.341 e. The summed E-state index contributed by atoms with van der Waals surface area (Å²) in [4.78, 5) is 8.32. The molecule has 0 amide bonds. The lowest BCUT2D eigenvalue weighted by Gasteiger charge is -2.35. The van der Waals surface area contributed by atoms with Crippen LogP contribution in [-0.4, -0.2) is 27.5 Å². The number of hydrogen-bond acceptors (Lipinski definition) is 3. The minimum absolute atomic E-state index is 0.0562. The molecule has 1 aromatic carbocycles. The molecule has 3 heterocycles. The van der Waals surface area contributed by atoms with Crippen LogP contribution in [0.25, 0.3) is 17.0 Å². The Labute approximate surface area is 297 Å². The van der Waals surface area contributed by atoms with Crippen LogP contribution in [0.3, 0.4) is 0 Å². The smallest absolute Gasteiger partial charge is 0.208 e. The molecule has 0 spiro atoms. The van der Waals surface area contributed by atoms with Crippen molar-refractivity contribution in [3.05, 3.63) is 148 Å². The highest BCUT2D eigenvalue weighted by atomic mass is 15.3. The summed E-state index contributed by atoms with van der Waals surface area (Å²) in [5.41, 5.74) is 14.1. The molecule has 2 aliphatic heterocycles. The fourth-order valence-electron chi connectivity index (χ4n) is 10.5. The van der Waals surface area contributed by atoms with E-state index in [1.807, 2.05) is 0 Å². The Morgan fingerprint density at radius 3 is 2.66 bits per heavy atom. The molecule has 4 nitrogen and oxygen atoms in total. The third-order valence-electron chi connectivity index (χ3n) is 12.6. The molecular formula is C46H48N4. The number of aliphatic imine (C=N–C) groups is 1. The average Bonchev–Trinajstić information content (AvgIpc) is 3.66. The summed E-state index contributed by atoms with van der Waals surface area (Å²) >= 11 is 0. The van der Waals surface area contributed by atoms with Gasteiger partial charge in [-0.15, -0.1) is 0 Å². The number of rotatable bonds is 3. The van der Waals surface area contributed by atoms with E-state index in [1.165, 1.54) is 68.8 Å². The van der Waals surface area contributed by atoms with Gasteiger partial charge in [-0.25, -0.2) is 4.99 Å². The minimum atomic E-state index is 0.0562. The van der Waals surface area contributed by atoms with E-state index < -0.39 is 0 Å². The number of fused-ring (bicyclic) bond motifs is 6. The predicted molar refractivity (Wildman–Crippen MR) is 207 cm³/mol. The van der Waals surface area contributed by atoms with Crippen molar-refractivity contribution in [1.29, 1.82) is 0 Å². The Morgan fingerprint density at radius 1 is 0.900 bits per heavy atom. The molecule has 1 aromatic heterocycles. The van der Waals surface area contributed by atoms with Crippen molar-refractivity contribution in [3.8, 4) is 0 Å². The first-order valence-electron chi connectivity index (χ1n) is 19.3. The fraction of sp³-hybridized carbons (Fsp3) is 0.370. The van der Waals surface area contributed by atoms with E-state index in [0.717, 1.165) is 50.9 Å². The van der Waals surface area contributed by atoms with Crippen molar-refractivity contribution in [1.82, 2.24) is 14.8 Å². The third kappa shape index (κ3) is 4.89. The highest BCUT2D eigenvalue weighted by molar-refractivity contribution is 6.01. The molecule has 10 rings (SSSR count). The molecule has 50 heavy (non-hydrogen) atoms. The van der Waals surface area contributed by atoms with Crippen LogP contribution in [0.2, 0.25) is 0 Å². The highest BCUT2D eigenvalue weighted by Gasteiger charge is 2.43. The Bertz CT molecular complexity index is 2130. The van der Waals surface area contributed by atoms with Gasteiger partial charge in [0.15, 0.2) is 0 Å². The summed E-state index contributed by atoms with van der Waals surface area (Å²) in [6.07, 6.45) is 41.6. The summed E-state index contributed by atoms with van der Waals surface area (Å²) in [5, 5.41) is 5.21. The predicted octanol–water partition coefficient (Wildman–Crippen LogP) is 10.2. The molecule has 0 saturated heterocycles.